The molecule has 2 amide bonds. The highest BCUT2D eigenvalue weighted by Gasteiger charge is 2.22. The number of hydrogen-bond donors (Lipinski definition) is 1. The van der Waals surface area contributed by atoms with Gasteiger partial charge in [-0.25, -0.2) is 0 Å². The molecule has 1 aromatic carbocycles. The van der Waals surface area contributed by atoms with E-state index in [0.29, 0.717) is 50.6 Å². The molecule has 2 rings (SSSR count). The molecule has 128 valence electrons. The van der Waals surface area contributed by atoms with E-state index in [1.165, 1.54) is 0 Å². The van der Waals surface area contributed by atoms with E-state index in [1.54, 1.807) is 29.2 Å². The Balaban J connectivity index is 1.72. The number of piperazine rings is 1. The molecule has 24 heavy (non-hydrogen) atoms. The second kappa shape index (κ2) is 8.89. The number of amides is 2. The van der Waals surface area contributed by atoms with E-state index in [-0.39, 0.29) is 18.4 Å². The van der Waals surface area contributed by atoms with Crippen molar-refractivity contribution in [3.8, 4) is 11.8 Å². The van der Waals surface area contributed by atoms with E-state index in [0.717, 1.165) is 0 Å². The first-order valence-corrected chi connectivity index (χ1v) is 8.02. The van der Waals surface area contributed by atoms with Gasteiger partial charge in [-0.2, -0.15) is 5.26 Å². The van der Waals surface area contributed by atoms with Gasteiger partial charge in [-0.3, -0.25) is 14.5 Å². The summed E-state index contributed by atoms with van der Waals surface area (Å²) < 4.78 is 5.47. The Hall–Kier alpha value is -2.59. The molecule has 1 aliphatic rings. The number of nitriles is 1. The van der Waals surface area contributed by atoms with Crippen LogP contribution in [0.1, 0.15) is 12.5 Å². The third-order valence-corrected chi connectivity index (χ3v) is 3.81. The van der Waals surface area contributed by atoms with E-state index in [9.17, 15) is 9.59 Å². The number of hydrogen-bond acceptors (Lipinski definition) is 5. The highest BCUT2D eigenvalue weighted by molar-refractivity contribution is 5.79. The third-order valence-electron chi connectivity index (χ3n) is 3.81. The number of carbonyl (C=O) groups excluding carboxylic acids is 2. The van der Waals surface area contributed by atoms with Crippen LogP contribution in [0.25, 0.3) is 0 Å². The van der Waals surface area contributed by atoms with Crippen molar-refractivity contribution < 1.29 is 14.3 Å². The number of carbonyl (C=O) groups is 2. The van der Waals surface area contributed by atoms with Gasteiger partial charge in [-0.15, -0.1) is 0 Å². The molecule has 0 radical (unpaired) electrons. The van der Waals surface area contributed by atoms with E-state index >= 15 is 0 Å². The summed E-state index contributed by atoms with van der Waals surface area (Å²) in [7, 11) is 0. The SMILES string of the molecule is CCNC(=O)CN1CCN(C(=O)COc2ccc(C#N)cc2)CC1. The van der Waals surface area contributed by atoms with Crippen molar-refractivity contribution in [3.63, 3.8) is 0 Å². The largest absolute Gasteiger partial charge is 0.484 e. The topological polar surface area (TPSA) is 85.7 Å². The van der Waals surface area contributed by atoms with Gasteiger partial charge in [-0.1, -0.05) is 0 Å². The quantitative estimate of drug-likeness (QED) is 0.806. The fraction of sp³-hybridized carbons (Fsp3) is 0.471. The Labute approximate surface area is 141 Å². The van der Waals surface area contributed by atoms with E-state index < -0.39 is 0 Å². The minimum absolute atomic E-state index is 0.0152. The Morgan fingerprint density at radius 1 is 1.21 bits per heavy atom. The van der Waals surface area contributed by atoms with Crippen LogP contribution >= 0.6 is 0 Å². The molecule has 1 saturated heterocycles. The zero-order valence-electron chi connectivity index (χ0n) is 13.8. The fourth-order valence-corrected chi connectivity index (χ4v) is 2.47. The minimum Gasteiger partial charge on any atom is -0.484 e. The lowest BCUT2D eigenvalue weighted by Crippen LogP contribution is -2.52. The van der Waals surface area contributed by atoms with Crippen LogP contribution in [0.2, 0.25) is 0 Å². The highest BCUT2D eigenvalue weighted by Crippen LogP contribution is 2.12. The van der Waals surface area contributed by atoms with Crippen LogP contribution in [0, 0.1) is 11.3 Å². The zero-order chi connectivity index (χ0) is 17.4. The van der Waals surface area contributed by atoms with Gasteiger partial charge in [0.2, 0.25) is 5.91 Å². The molecule has 0 unspecified atom stereocenters. The summed E-state index contributed by atoms with van der Waals surface area (Å²) in [6.07, 6.45) is 0. The van der Waals surface area contributed by atoms with Crippen molar-refractivity contribution in [2.45, 2.75) is 6.92 Å². The third kappa shape index (κ3) is 5.25. The molecule has 1 N–H and O–H groups in total. The Bertz CT molecular complexity index is 601. The monoisotopic (exact) mass is 330 g/mol. The molecule has 0 bridgehead atoms. The van der Waals surface area contributed by atoms with Crippen molar-refractivity contribution in [1.29, 1.82) is 5.26 Å². The van der Waals surface area contributed by atoms with Crippen molar-refractivity contribution >= 4 is 11.8 Å². The predicted octanol–water partition coefficient (Wildman–Crippen LogP) is 0.217. The summed E-state index contributed by atoms with van der Waals surface area (Å²) in [4.78, 5) is 27.5. The highest BCUT2D eigenvalue weighted by atomic mass is 16.5. The number of rotatable bonds is 6. The first-order chi connectivity index (χ1) is 11.6. The number of ether oxygens (including phenoxy) is 1. The summed E-state index contributed by atoms with van der Waals surface area (Å²) in [5, 5.41) is 11.5. The predicted molar refractivity (Wildman–Crippen MR) is 88.4 cm³/mol. The summed E-state index contributed by atoms with van der Waals surface area (Å²) >= 11 is 0. The molecule has 0 aromatic heterocycles. The number of nitrogens with one attached hydrogen (secondary N) is 1. The molecule has 7 nitrogen and oxygen atoms in total. The lowest BCUT2D eigenvalue weighted by atomic mass is 10.2. The van der Waals surface area contributed by atoms with Gasteiger partial charge in [0, 0.05) is 32.7 Å². The maximum atomic E-state index is 12.2. The summed E-state index contributed by atoms with van der Waals surface area (Å²) in [5.74, 6) is 0.510. The molecule has 7 heteroatoms. The molecule has 1 heterocycles. The van der Waals surface area contributed by atoms with Crippen LogP contribution in [0.5, 0.6) is 5.75 Å². The molecule has 1 aliphatic heterocycles. The summed E-state index contributed by atoms with van der Waals surface area (Å²) in [6.45, 7) is 5.41. The molecule has 1 fully saturated rings. The zero-order valence-corrected chi connectivity index (χ0v) is 13.8. The molecule has 0 aliphatic carbocycles. The standard InChI is InChI=1S/C17H22N4O3/c1-2-19-16(22)12-20-7-9-21(10-8-20)17(23)13-24-15-5-3-14(11-18)4-6-15/h3-6H,2,7-10,12-13H2,1H3,(H,19,22). The van der Waals surface area contributed by atoms with Crippen LogP contribution in [0.4, 0.5) is 0 Å². The first kappa shape index (κ1) is 17.8. The van der Waals surface area contributed by atoms with Gasteiger partial charge in [0.15, 0.2) is 6.61 Å². The second-order valence-corrected chi connectivity index (χ2v) is 5.54. The molecular weight excluding hydrogens is 308 g/mol. The lowest BCUT2D eigenvalue weighted by Gasteiger charge is -2.34. The average Bonchev–Trinajstić information content (AvgIpc) is 2.61. The van der Waals surface area contributed by atoms with Crippen molar-refractivity contribution in [3.05, 3.63) is 29.8 Å². The van der Waals surface area contributed by atoms with E-state index in [4.69, 9.17) is 10.00 Å². The normalized spacial score (nSPS) is 14.8. The number of likely N-dealkylation sites (N-methyl/N-ethyl adjacent to an activating group) is 1. The van der Waals surface area contributed by atoms with Crippen LogP contribution < -0.4 is 10.1 Å². The number of nitrogens with zero attached hydrogens (tertiary/aromatic N) is 3. The Morgan fingerprint density at radius 2 is 1.88 bits per heavy atom. The van der Waals surface area contributed by atoms with Gasteiger partial charge in [0.05, 0.1) is 18.2 Å². The maximum absolute atomic E-state index is 12.2. The van der Waals surface area contributed by atoms with Crippen LogP contribution in [-0.2, 0) is 9.59 Å². The summed E-state index contributed by atoms with van der Waals surface area (Å²) in [6, 6.07) is 8.69. The van der Waals surface area contributed by atoms with Crippen molar-refractivity contribution in [2.24, 2.45) is 0 Å². The van der Waals surface area contributed by atoms with E-state index in [2.05, 4.69) is 5.32 Å². The summed E-state index contributed by atoms with van der Waals surface area (Å²) in [5.41, 5.74) is 0.553. The minimum atomic E-state index is -0.0722. The van der Waals surface area contributed by atoms with Gasteiger partial charge in [0.25, 0.3) is 5.91 Å². The smallest absolute Gasteiger partial charge is 0.260 e. The van der Waals surface area contributed by atoms with Crippen molar-refractivity contribution in [2.75, 3.05) is 45.9 Å². The average molecular weight is 330 g/mol. The lowest BCUT2D eigenvalue weighted by molar-refractivity contribution is -0.135. The van der Waals surface area contributed by atoms with Gasteiger partial charge < -0.3 is 15.0 Å². The van der Waals surface area contributed by atoms with Crippen LogP contribution in [0.3, 0.4) is 0 Å². The molecular formula is C17H22N4O3. The molecule has 0 spiro atoms. The van der Waals surface area contributed by atoms with Crippen molar-refractivity contribution in [1.82, 2.24) is 15.1 Å². The molecule has 0 atom stereocenters. The van der Waals surface area contributed by atoms with Crippen LogP contribution in [0.15, 0.2) is 24.3 Å². The fourth-order valence-electron chi connectivity index (χ4n) is 2.47. The molecule has 1 aromatic rings. The first-order valence-electron chi connectivity index (χ1n) is 8.02. The maximum Gasteiger partial charge on any atom is 0.260 e. The second-order valence-electron chi connectivity index (χ2n) is 5.54. The Kier molecular flexibility index (Phi) is 6.58. The van der Waals surface area contributed by atoms with Gasteiger partial charge in [0.1, 0.15) is 5.75 Å². The van der Waals surface area contributed by atoms with Gasteiger partial charge in [-0.05, 0) is 31.2 Å². The van der Waals surface area contributed by atoms with E-state index in [1.807, 2.05) is 17.9 Å². The van der Waals surface area contributed by atoms with Gasteiger partial charge >= 0.3 is 0 Å². The molecule has 0 saturated carbocycles. The Morgan fingerprint density at radius 3 is 2.46 bits per heavy atom. The van der Waals surface area contributed by atoms with Crippen LogP contribution in [-0.4, -0.2) is 67.5 Å². The number of benzene rings is 1.